The Balaban J connectivity index is 3.24. The van der Waals surface area contributed by atoms with Gasteiger partial charge in [0.25, 0.3) is 0 Å². The molecular formula is C11H15NO3. The van der Waals surface area contributed by atoms with E-state index in [9.17, 15) is 9.90 Å². The highest BCUT2D eigenvalue weighted by molar-refractivity contribution is 5.75. The molecule has 0 radical (unpaired) electrons. The molecule has 0 amide bonds. The van der Waals surface area contributed by atoms with Crippen LogP contribution in [-0.2, 0) is 10.4 Å². The molecular weight excluding hydrogens is 194 g/mol. The van der Waals surface area contributed by atoms with Crippen molar-refractivity contribution < 1.29 is 15.0 Å². The van der Waals surface area contributed by atoms with E-state index in [-0.39, 0.29) is 0 Å². The summed E-state index contributed by atoms with van der Waals surface area (Å²) in [5, 5.41) is 18.7. The Morgan fingerprint density at radius 2 is 1.93 bits per heavy atom. The van der Waals surface area contributed by atoms with E-state index in [2.05, 4.69) is 0 Å². The Labute approximate surface area is 88.3 Å². The Morgan fingerprint density at radius 1 is 1.40 bits per heavy atom. The van der Waals surface area contributed by atoms with Crippen LogP contribution < -0.4 is 5.73 Å². The number of carbonyl (C=O) groups is 1. The van der Waals surface area contributed by atoms with Crippen LogP contribution in [0.2, 0.25) is 0 Å². The van der Waals surface area contributed by atoms with Gasteiger partial charge in [-0.25, -0.2) is 0 Å². The van der Waals surface area contributed by atoms with Crippen LogP contribution >= 0.6 is 0 Å². The van der Waals surface area contributed by atoms with Crippen LogP contribution in [0.15, 0.2) is 24.3 Å². The summed E-state index contributed by atoms with van der Waals surface area (Å²) in [4.78, 5) is 10.8. The number of rotatable bonds is 3. The first-order valence-electron chi connectivity index (χ1n) is 4.64. The lowest BCUT2D eigenvalue weighted by Gasteiger charge is -2.23. The predicted molar refractivity (Wildman–Crippen MR) is 56.3 cm³/mol. The van der Waals surface area contributed by atoms with Gasteiger partial charge in [0, 0.05) is 0 Å². The smallest absolute Gasteiger partial charge is 0.325 e. The number of benzene rings is 1. The van der Waals surface area contributed by atoms with Crippen molar-refractivity contribution in [2.24, 2.45) is 5.73 Å². The first-order chi connectivity index (χ1) is 6.84. The van der Waals surface area contributed by atoms with Crippen molar-refractivity contribution in [2.75, 3.05) is 0 Å². The number of aliphatic hydroxyl groups is 1. The molecule has 0 aliphatic heterocycles. The van der Waals surface area contributed by atoms with Crippen molar-refractivity contribution in [3.8, 4) is 0 Å². The van der Waals surface area contributed by atoms with Gasteiger partial charge in [0.2, 0.25) is 0 Å². The lowest BCUT2D eigenvalue weighted by Crippen LogP contribution is -2.26. The quantitative estimate of drug-likeness (QED) is 0.693. The molecule has 15 heavy (non-hydrogen) atoms. The molecule has 0 spiro atoms. The van der Waals surface area contributed by atoms with Crippen molar-refractivity contribution >= 4 is 5.97 Å². The van der Waals surface area contributed by atoms with E-state index in [0.717, 1.165) is 0 Å². The van der Waals surface area contributed by atoms with E-state index in [0.29, 0.717) is 11.1 Å². The molecule has 1 unspecified atom stereocenters. The number of hydrogen-bond acceptors (Lipinski definition) is 3. The molecule has 0 aliphatic rings. The number of aliphatic carboxylic acids is 1. The SMILES string of the molecule is CC(C)(O)c1ccccc1C(N)C(=O)O. The van der Waals surface area contributed by atoms with Crippen LogP contribution in [-0.4, -0.2) is 16.2 Å². The largest absolute Gasteiger partial charge is 0.480 e. The van der Waals surface area contributed by atoms with Crippen LogP contribution in [0.5, 0.6) is 0 Å². The molecule has 0 bridgehead atoms. The average molecular weight is 209 g/mol. The normalized spacial score (nSPS) is 13.6. The van der Waals surface area contributed by atoms with Crippen LogP contribution in [0.3, 0.4) is 0 Å². The summed E-state index contributed by atoms with van der Waals surface area (Å²) in [5.74, 6) is -1.10. The number of nitrogens with two attached hydrogens (primary N) is 1. The van der Waals surface area contributed by atoms with Gasteiger partial charge in [0.1, 0.15) is 6.04 Å². The molecule has 1 rings (SSSR count). The van der Waals surface area contributed by atoms with Gasteiger partial charge in [-0.05, 0) is 25.0 Å². The van der Waals surface area contributed by atoms with Gasteiger partial charge in [-0.2, -0.15) is 0 Å². The molecule has 0 saturated heterocycles. The van der Waals surface area contributed by atoms with Crippen molar-refractivity contribution in [2.45, 2.75) is 25.5 Å². The highest BCUT2D eigenvalue weighted by atomic mass is 16.4. The molecule has 4 nitrogen and oxygen atoms in total. The summed E-state index contributed by atoms with van der Waals surface area (Å²) in [7, 11) is 0. The number of hydrogen-bond donors (Lipinski definition) is 3. The highest BCUT2D eigenvalue weighted by Gasteiger charge is 2.25. The molecule has 0 fully saturated rings. The predicted octanol–water partition coefficient (Wildman–Crippen LogP) is 0.998. The second kappa shape index (κ2) is 4.00. The van der Waals surface area contributed by atoms with E-state index in [1.807, 2.05) is 0 Å². The Morgan fingerprint density at radius 3 is 2.40 bits per heavy atom. The molecule has 1 aromatic carbocycles. The number of carboxylic acid groups (broad SMARTS) is 1. The van der Waals surface area contributed by atoms with Crippen LogP contribution in [0.4, 0.5) is 0 Å². The number of carboxylic acids is 1. The average Bonchev–Trinajstić information content (AvgIpc) is 2.15. The van der Waals surface area contributed by atoms with Crippen LogP contribution in [0, 0.1) is 0 Å². The first kappa shape index (κ1) is 11.7. The maximum absolute atomic E-state index is 10.8. The van der Waals surface area contributed by atoms with E-state index >= 15 is 0 Å². The third kappa shape index (κ3) is 2.55. The second-order valence-electron chi connectivity index (χ2n) is 3.96. The summed E-state index contributed by atoms with van der Waals surface area (Å²) in [5.41, 5.74) is 5.41. The minimum Gasteiger partial charge on any atom is -0.480 e. The Hall–Kier alpha value is -1.39. The summed E-state index contributed by atoms with van der Waals surface area (Å²) in [6.45, 7) is 3.20. The molecule has 82 valence electrons. The molecule has 4 heteroatoms. The highest BCUT2D eigenvalue weighted by Crippen LogP contribution is 2.26. The van der Waals surface area contributed by atoms with Gasteiger partial charge < -0.3 is 15.9 Å². The summed E-state index contributed by atoms with van der Waals surface area (Å²) < 4.78 is 0. The fraction of sp³-hybridized carbons (Fsp3) is 0.364. The second-order valence-corrected chi connectivity index (χ2v) is 3.96. The lowest BCUT2D eigenvalue weighted by atomic mass is 9.90. The Kier molecular flexibility index (Phi) is 3.12. The van der Waals surface area contributed by atoms with Crippen LogP contribution in [0.25, 0.3) is 0 Å². The monoisotopic (exact) mass is 209 g/mol. The summed E-state index contributed by atoms with van der Waals surface area (Å²) in [6.07, 6.45) is 0. The van der Waals surface area contributed by atoms with Crippen molar-refractivity contribution in [3.63, 3.8) is 0 Å². The Bertz CT molecular complexity index is 368. The van der Waals surface area contributed by atoms with Gasteiger partial charge in [-0.1, -0.05) is 24.3 Å². The van der Waals surface area contributed by atoms with Gasteiger partial charge in [0.05, 0.1) is 5.60 Å². The maximum Gasteiger partial charge on any atom is 0.325 e. The molecule has 1 aromatic rings. The maximum atomic E-state index is 10.8. The lowest BCUT2D eigenvalue weighted by molar-refractivity contribution is -0.138. The zero-order valence-corrected chi connectivity index (χ0v) is 8.77. The molecule has 0 heterocycles. The molecule has 0 aliphatic carbocycles. The van der Waals surface area contributed by atoms with E-state index in [1.54, 1.807) is 38.1 Å². The molecule has 0 saturated carbocycles. The third-order valence-corrected chi connectivity index (χ3v) is 2.22. The molecule has 4 N–H and O–H groups in total. The van der Waals surface area contributed by atoms with Crippen LogP contribution in [0.1, 0.15) is 31.0 Å². The van der Waals surface area contributed by atoms with Gasteiger partial charge in [-0.15, -0.1) is 0 Å². The van der Waals surface area contributed by atoms with E-state index in [1.165, 1.54) is 0 Å². The van der Waals surface area contributed by atoms with Gasteiger partial charge >= 0.3 is 5.97 Å². The third-order valence-electron chi connectivity index (χ3n) is 2.22. The first-order valence-corrected chi connectivity index (χ1v) is 4.64. The minimum absolute atomic E-state index is 0.442. The summed E-state index contributed by atoms with van der Waals surface area (Å²) >= 11 is 0. The summed E-state index contributed by atoms with van der Waals surface area (Å²) in [6, 6.07) is 5.64. The van der Waals surface area contributed by atoms with Crippen molar-refractivity contribution in [3.05, 3.63) is 35.4 Å². The van der Waals surface area contributed by atoms with Crippen molar-refractivity contribution in [1.82, 2.24) is 0 Å². The molecule has 0 aromatic heterocycles. The standard InChI is InChI=1S/C11H15NO3/c1-11(2,15)8-6-4-3-5-7(8)9(12)10(13)14/h3-6,9,15H,12H2,1-2H3,(H,13,14). The minimum atomic E-state index is -1.10. The van der Waals surface area contributed by atoms with E-state index < -0.39 is 17.6 Å². The van der Waals surface area contributed by atoms with Crippen molar-refractivity contribution in [1.29, 1.82) is 0 Å². The molecule has 1 atom stereocenters. The fourth-order valence-corrected chi connectivity index (χ4v) is 1.46. The zero-order valence-electron chi connectivity index (χ0n) is 8.77. The van der Waals surface area contributed by atoms with Gasteiger partial charge in [-0.3, -0.25) is 4.79 Å². The zero-order chi connectivity index (χ0) is 11.6. The van der Waals surface area contributed by atoms with Gasteiger partial charge in [0.15, 0.2) is 0 Å². The topological polar surface area (TPSA) is 83.5 Å². The van der Waals surface area contributed by atoms with E-state index in [4.69, 9.17) is 10.8 Å². The fourth-order valence-electron chi connectivity index (χ4n) is 1.46.